The number of aryl methyl sites for hydroxylation is 1. The van der Waals surface area contributed by atoms with E-state index in [1.54, 1.807) is 11.6 Å². The monoisotopic (exact) mass is 423 g/mol. The van der Waals surface area contributed by atoms with Crippen LogP contribution < -0.4 is 14.8 Å². The number of nitrogens with one attached hydrogen (secondary N) is 1. The first-order valence-electron chi connectivity index (χ1n) is 9.43. The van der Waals surface area contributed by atoms with E-state index in [2.05, 4.69) is 20.4 Å². The van der Waals surface area contributed by atoms with Crippen molar-refractivity contribution in [2.45, 2.75) is 12.1 Å². The summed E-state index contributed by atoms with van der Waals surface area (Å²) in [6, 6.07) is 15.2. The van der Waals surface area contributed by atoms with Crippen molar-refractivity contribution in [3.05, 3.63) is 54.4 Å². The molecule has 1 N–H and O–H groups in total. The van der Waals surface area contributed by atoms with Crippen molar-refractivity contribution in [1.82, 2.24) is 24.9 Å². The summed E-state index contributed by atoms with van der Waals surface area (Å²) in [7, 11) is 1.59. The van der Waals surface area contributed by atoms with Crippen molar-refractivity contribution in [3.8, 4) is 11.5 Å². The first-order valence-corrected chi connectivity index (χ1v) is 10.4. The summed E-state index contributed by atoms with van der Waals surface area (Å²) in [5, 5.41) is 8.84. The molecule has 0 aliphatic carbocycles. The van der Waals surface area contributed by atoms with Crippen LogP contribution in [-0.2, 0) is 4.79 Å². The average molecular weight is 423 g/mol. The molecule has 0 radical (unpaired) electrons. The Morgan fingerprint density at radius 2 is 1.87 bits per heavy atom. The number of para-hydroxylation sites is 3. The van der Waals surface area contributed by atoms with Gasteiger partial charge in [-0.2, -0.15) is 4.52 Å². The fourth-order valence-corrected chi connectivity index (χ4v) is 3.77. The predicted molar refractivity (Wildman–Crippen MR) is 115 cm³/mol. The minimum atomic E-state index is -0.108. The predicted octanol–water partition coefficient (Wildman–Crippen LogP) is 2.88. The quantitative estimate of drug-likeness (QED) is 0.265. The third-order valence-electron chi connectivity index (χ3n) is 4.34. The van der Waals surface area contributed by atoms with Crippen LogP contribution in [0.2, 0.25) is 0 Å². The van der Waals surface area contributed by atoms with E-state index in [4.69, 9.17) is 9.47 Å². The van der Waals surface area contributed by atoms with Crippen molar-refractivity contribution in [1.29, 1.82) is 0 Å². The Morgan fingerprint density at radius 1 is 1.10 bits per heavy atom. The standard InChI is InChI=1S/C21H21N5O3S/c1-14-23-20-15-7-3-4-8-16(15)24-21(26(20)25-14)30-13-19(27)22-11-12-29-18-10-6-5-9-17(18)28-2/h3-10H,11-13H2,1-2H3,(H,22,27). The number of fused-ring (bicyclic) bond motifs is 3. The Labute approximate surface area is 177 Å². The number of amides is 1. The van der Waals surface area contributed by atoms with Gasteiger partial charge in [0.25, 0.3) is 0 Å². The van der Waals surface area contributed by atoms with Crippen LogP contribution in [-0.4, -0.2) is 51.5 Å². The molecule has 154 valence electrons. The molecule has 4 rings (SSSR count). The van der Waals surface area contributed by atoms with Crippen LogP contribution in [0.15, 0.2) is 53.7 Å². The molecule has 0 bridgehead atoms. The van der Waals surface area contributed by atoms with Gasteiger partial charge >= 0.3 is 0 Å². The van der Waals surface area contributed by atoms with E-state index < -0.39 is 0 Å². The second-order valence-corrected chi connectivity index (χ2v) is 7.39. The van der Waals surface area contributed by atoms with Crippen molar-refractivity contribution in [2.24, 2.45) is 0 Å². The van der Waals surface area contributed by atoms with Gasteiger partial charge < -0.3 is 14.8 Å². The van der Waals surface area contributed by atoms with Crippen molar-refractivity contribution >= 4 is 34.2 Å². The van der Waals surface area contributed by atoms with Crippen molar-refractivity contribution in [2.75, 3.05) is 26.0 Å². The van der Waals surface area contributed by atoms with E-state index in [1.807, 2.05) is 55.5 Å². The molecule has 0 aliphatic rings. The Bertz CT molecular complexity index is 1190. The number of ether oxygens (including phenoxy) is 2. The molecule has 0 saturated heterocycles. The summed E-state index contributed by atoms with van der Waals surface area (Å²) in [6.07, 6.45) is 0. The number of benzene rings is 2. The number of rotatable bonds is 8. The summed E-state index contributed by atoms with van der Waals surface area (Å²) < 4.78 is 12.6. The Hall–Kier alpha value is -3.33. The van der Waals surface area contributed by atoms with Gasteiger partial charge in [-0.25, -0.2) is 9.97 Å². The normalized spacial score (nSPS) is 11.0. The second-order valence-electron chi connectivity index (χ2n) is 6.44. The Morgan fingerprint density at radius 3 is 2.70 bits per heavy atom. The number of hydrogen-bond acceptors (Lipinski definition) is 7. The van der Waals surface area contributed by atoms with Crippen LogP contribution in [0.3, 0.4) is 0 Å². The van der Waals surface area contributed by atoms with Crippen LogP contribution in [0, 0.1) is 6.92 Å². The van der Waals surface area contributed by atoms with Crippen LogP contribution >= 0.6 is 11.8 Å². The van der Waals surface area contributed by atoms with Gasteiger partial charge in [0.1, 0.15) is 12.4 Å². The van der Waals surface area contributed by atoms with E-state index in [-0.39, 0.29) is 11.7 Å². The summed E-state index contributed by atoms with van der Waals surface area (Å²) in [6.45, 7) is 2.57. The molecule has 8 nitrogen and oxygen atoms in total. The highest BCUT2D eigenvalue weighted by Gasteiger charge is 2.13. The zero-order chi connectivity index (χ0) is 20.9. The van der Waals surface area contributed by atoms with Crippen LogP contribution in [0.25, 0.3) is 16.6 Å². The largest absolute Gasteiger partial charge is 0.493 e. The maximum Gasteiger partial charge on any atom is 0.230 e. The number of nitrogens with zero attached hydrogens (tertiary/aromatic N) is 4. The van der Waals surface area contributed by atoms with E-state index in [0.29, 0.717) is 35.6 Å². The lowest BCUT2D eigenvalue weighted by Crippen LogP contribution is -2.29. The summed E-state index contributed by atoms with van der Waals surface area (Å²) in [5.41, 5.74) is 1.57. The highest BCUT2D eigenvalue weighted by molar-refractivity contribution is 7.99. The molecule has 0 atom stereocenters. The molecule has 9 heteroatoms. The van der Waals surface area contributed by atoms with Crippen LogP contribution in [0.1, 0.15) is 5.82 Å². The maximum atomic E-state index is 12.3. The third-order valence-corrected chi connectivity index (χ3v) is 5.27. The molecule has 0 spiro atoms. The minimum absolute atomic E-state index is 0.108. The molecule has 4 aromatic rings. The van der Waals surface area contributed by atoms with Gasteiger partial charge in [-0.1, -0.05) is 36.0 Å². The lowest BCUT2D eigenvalue weighted by atomic mass is 10.2. The van der Waals surface area contributed by atoms with Gasteiger partial charge in [0.05, 0.1) is 24.9 Å². The van der Waals surface area contributed by atoms with Crippen LogP contribution in [0.5, 0.6) is 11.5 Å². The zero-order valence-electron chi connectivity index (χ0n) is 16.7. The molecule has 0 saturated carbocycles. The number of carbonyl (C=O) groups is 1. The molecule has 1 amide bonds. The average Bonchev–Trinajstić information content (AvgIpc) is 3.17. The van der Waals surface area contributed by atoms with Crippen molar-refractivity contribution in [3.63, 3.8) is 0 Å². The first kappa shape index (κ1) is 20.0. The van der Waals surface area contributed by atoms with Crippen LogP contribution in [0.4, 0.5) is 0 Å². The highest BCUT2D eigenvalue weighted by atomic mass is 32.2. The maximum absolute atomic E-state index is 12.3. The molecule has 2 heterocycles. The molecule has 30 heavy (non-hydrogen) atoms. The van der Waals surface area contributed by atoms with Gasteiger partial charge in [-0.05, 0) is 31.2 Å². The van der Waals surface area contributed by atoms with Crippen molar-refractivity contribution < 1.29 is 14.3 Å². The molecule has 0 fully saturated rings. The van der Waals surface area contributed by atoms with E-state index in [1.165, 1.54) is 11.8 Å². The second kappa shape index (κ2) is 9.00. The third kappa shape index (κ3) is 4.30. The summed E-state index contributed by atoms with van der Waals surface area (Å²) in [4.78, 5) is 21.4. The van der Waals surface area contributed by atoms with Gasteiger partial charge in [0.15, 0.2) is 22.3 Å². The van der Waals surface area contributed by atoms with E-state index >= 15 is 0 Å². The number of methoxy groups -OCH3 is 1. The van der Waals surface area contributed by atoms with Gasteiger partial charge in [-0.15, -0.1) is 5.10 Å². The number of aromatic nitrogens is 4. The molecular weight excluding hydrogens is 402 g/mol. The fraction of sp³-hybridized carbons (Fsp3) is 0.238. The zero-order valence-corrected chi connectivity index (χ0v) is 17.5. The molecular formula is C21H21N5O3S. The first-order chi connectivity index (χ1) is 14.7. The Kier molecular flexibility index (Phi) is 5.99. The van der Waals surface area contributed by atoms with Gasteiger partial charge in [0, 0.05) is 5.39 Å². The summed E-state index contributed by atoms with van der Waals surface area (Å²) >= 11 is 1.32. The smallest absolute Gasteiger partial charge is 0.230 e. The van der Waals surface area contributed by atoms with Gasteiger partial charge in [-0.3, -0.25) is 4.79 Å². The topological polar surface area (TPSA) is 90.6 Å². The SMILES string of the molecule is COc1ccccc1OCCNC(=O)CSc1nc2ccccc2c2nc(C)nn12. The van der Waals surface area contributed by atoms with Gasteiger partial charge in [0.2, 0.25) is 5.91 Å². The number of carbonyl (C=O) groups excluding carboxylic acids is 1. The number of thioether (sulfide) groups is 1. The fourth-order valence-electron chi connectivity index (χ4n) is 3.00. The lowest BCUT2D eigenvalue weighted by Gasteiger charge is -2.11. The molecule has 0 unspecified atom stereocenters. The van der Waals surface area contributed by atoms with E-state index in [9.17, 15) is 4.79 Å². The molecule has 2 aromatic carbocycles. The number of hydrogen-bond donors (Lipinski definition) is 1. The minimum Gasteiger partial charge on any atom is -0.493 e. The molecule has 2 aromatic heterocycles. The van der Waals surface area contributed by atoms with E-state index in [0.717, 1.165) is 16.6 Å². The molecule has 0 aliphatic heterocycles. The highest BCUT2D eigenvalue weighted by Crippen LogP contribution is 2.25. The lowest BCUT2D eigenvalue weighted by molar-refractivity contribution is -0.118. The Balaban J connectivity index is 1.35. The summed E-state index contributed by atoms with van der Waals surface area (Å²) in [5.74, 6) is 2.08.